The number of likely N-dealkylation sites (tertiary alicyclic amines) is 1. The minimum absolute atomic E-state index is 0. The Labute approximate surface area is 153 Å². The van der Waals surface area contributed by atoms with Gasteiger partial charge in [0.15, 0.2) is 0 Å². The van der Waals surface area contributed by atoms with Gasteiger partial charge < -0.3 is 15.0 Å². The predicted octanol–water partition coefficient (Wildman–Crippen LogP) is 3.89. The zero-order chi connectivity index (χ0) is 16.1. The Morgan fingerprint density at radius 1 is 1.30 bits per heavy atom. The number of halogens is 3. The topological polar surface area (TPSA) is 41.6 Å². The van der Waals surface area contributed by atoms with Crippen LogP contribution >= 0.6 is 35.6 Å². The maximum atomic E-state index is 12.7. The molecule has 0 radical (unpaired) electrons. The molecule has 0 saturated carbocycles. The Morgan fingerprint density at radius 2 is 1.91 bits per heavy atom. The van der Waals surface area contributed by atoms with Crippen molar-refractivity contribution in [2.75, 3.05) is 33.8 Å². The van der Waals surface area contributed by atoms with E-state index < -0.39 is 0 Å². The van der Waals surface area contributed by atoms with Crippen LogP contribution < -0.4 is 10.1 Å². The maximum Gasteiger partial charge on any atom is 0.257 e. The first-order chi connectivity index (χ1) is 10.6. The van der Waals surface area contributed by atoms with Gasteiger partial charge >= 0.3 is 0 Å². The van der Waals surface area contributed by atoms with Gasteiger partial charge in [0.05, 0.1) is 22.7 Å². The van der Waals surface area contributed by atoms with Crippen molar-refractivity contribution >= 4 is 41.5 Å². The fourth-order valence-corrected chi connectivity index (χ4v) is 3.13. The molecule has 7 heteroatoms. The molecular weight excluding hydrogens is 359 g/mol. The van der Waals surface area contributed by atoms with E-state index in [4.69, 9.17) is 27.9 Å². The smallest absolute Gasteiger partial charge is 0.257 e. The van der Waals surface area contributed by atoms with Crippen molar-refractivity contribution in [3.63, 3.8) is 0 Å². The van der Waals surface area contributed by atoms with E-state index in [0.29, 0.717) is 27.3 Å². The molecule has 1 fully saturated rings. The second kappa shape index (κ2) is 9.58. The molecule has 0 aromatic heterocycles. The second-order valence-corrected chi connectivity index (χ2v) is 6.41. The number of nitrogens with zero attached hydrogens (tertiary/aromatic N) is 1. The number of hydrogen-bond acceptors (Lipinski definition) is 3. The average molecular weight is 382 g/mol. The Balaban J connectivity index is 0.00000264. The summed E-state index contributed by atoms with van der Waals surface area (Å²) in [5.74, 6) is 1.12. The molecule has 0 unspecified atom stereocenters. The van der Waals surface area contributed by atoms with E-state index in [1.165, 1.54) is 7.11 Å². The van der Waals surface area contributed by atoms with Gasteiger partial charge in [0.25, 0.3) is 5.91 Å². The lowest BCUT2D eigenvalue weighted by Gasteiger charge is -2.32. The number of nitrogens with one attached hydrogen (secondary N) is 1. The molecule has 0 bridgehead atoms. The number of methoxy groups -OCH3 is 1. The highest BCUT2D eigenvalue weighted by molar-refractivity contribution is 6.42. The van der Waals surface area contributed by atoms with Crippen molar-refractivity contribution < 1.29 is 9.53 Å². The monoisotopic (exact) mass is 380 g/mol. The first kappa shape index (κ1) is 20.4. The fraction of sp³-hybridized carbons (Fsp3) is 0.562. The summed E-state index contributed by atoms with van der Waals surface area (Å²) >= 11 is 12.0. The van der Waals surface area contributed by atoms with Crippen molar-refractivity contribution in [3.05, 3.63) is 27.7 Å². The van der Waals surface area contributed by atoms with Crippen LogP contribution in [0.4, 0.5) is 0 Å². The van der Waals surface area contributed by atoms with Crippen LogP contribution in [0.2, 0.25) is 10.0 Å². The number of carbonyl (C=O) groups excluding carboxylic acids is 1. The fourth-order valence-electron chi connectivity index (χ4n) is 2.81. The number of amides is 1. The van der Waals surface area contributed by atoms with Crippen LogP contribution in [0.15, 0.2) is 12.1 Å². The van der Waals surface area contributed by atoms with E-state index in [9.17, 15) is 4.79 Å². The molecule has 0 atom stereocenters. The molecule has 1 amide bonds. The molecule has 1 aromatic rings. The third-order valence-corrected chi connectivity index (χ3v) is 4.90. The van der Waals surface area contributed by atoms with Gasteiger partial charge in [-0.05, 0) is 44.8 Å². The van der Waals surface area contributed by atoms with Gasteiger partial charge in [-0.15, -0.1) is 12.4 Å². The van der Waals surface area contributed by atoms with Gasteiger partial charge in [0.1, 0.15) is 5.75 Å². The molecule has 0 spiro atoms. The third-order valence-electron chi connectivity index (χ3n) is 4.18. The summed E-state index contributed by atoms with van der Waals surface area (Å²) in [6.07, 6.45) is 3.24. The zero-order valence-electron chi connectivity index (χ0n) is 13.4. The lowest BCUT2D eigenvalue weighted by Crippen LogP contribution is -2.39. The summed E-state index contributed by atoms with van der Waals surface area (Å²) in [5, 5.41) is 3.94. The SMILES string of the molecule is CNCCC1CCN(C(=O)c2cc(Cl)c(Cl)cc2OC)CC1.Cl. The zero-order valence-corrected chi connectivity index (χ0v) is 15.7. The Hall–Kier alpha value is -0.680. The highest BCUT2D eigenvalue weighted by Crippen LogP contribution is 2.32. The number of ether oxygens (including phenoxy) is 1. The first-order valence-corrected chi connectivity index (χ1v) is 8.29. The molecule has 2 rings (SSSR count). The normalized spacial score (nSPS) is 15.2. The number of benzene rings is 1. The van der Waals surface area contributed by atoms with E-state index in [1.54, 1.807) is 12.1 Å². The third kappa shape index (κ3) is 5.15. The van der Waals surface area contributed by atoms with Crippen LogP contribution in [-0.2, 0) is 0 Å². The molecule has 1 aliphatic rings. The molecule has 1 aromatic carbocycles. The summed E-state index contributed by atoms with van der Waals surface area (Å²) in [7, 11) is 3.50. The summed E-state index contributed by atoms with van der Waals surface area (Å²) in [6.45, 7) is 2.58. The van der Waals surface area contributed by atoms with Crippen molar-refractivity contribution in [2.45, 2.75) is 19.3 Å². The molecule has 4 nitrogen and oxygen atoms in total. The van der Waals surface area contributed by atoms with E-state index in [0.717, 1.165) is 38.9 Å². The van der Waals surface area contributed by atoms with Gasteiger partial charge in [-0.3, -0.25) is 4.79 Å². The largest absolute Gasteiger partial charge is 0.496 e. The first-order valence-electron chi connectivity index (χ1n) is 7.53. The molecular formula is C16H23Cl3N2O2. The lowest BCUT2D eigenvalue weighted by molar-refractivity contribution is 0.0684. The molecule has 1 aliphatic heterocycles. The van der Waals surface area contributed by atoms with Crippen LogP contribution in [0.3, 0.4) is 0 Å². The van der Waals surface area contributed by atoms with E-state index in [2.05, 4.69) is 5.32 Å². The van der Waals surface area contributed by atoms with Crippen LogP contribution in [-0.4, -0.2) is 44.6 Å². The Bertz CT molecular complexity index is 532. The predicted molar refractivity (Wildman–Crippen MR) is 97.4 cm³/mol. The summed E-state index contributed by atoms with van der Waals surface area (Å²) < 4.78 is 5.27. The highest BCUT2D eigenvalue weighted by Gasteiger charge is 2.26. The van der Waals surface area contributed by atoms with Crippen molar-refractivity contribution in [2.24, 2.45) is 5.92 Å². The molecule has 0 aliphatic carbocycles. The number of piperidine rings is 1. The molecule has 23 heavy (non-hydrogen) atoms. The minimum Gasteiger partial charge on any atom is -0.496 e. The minimum atomic E-state index is -0.0394. The van der Waals surface area contributed by atoms with Crippen molar-refractivity contribution in [1.82, 2.24) is 10.2 Å². The van der Waals surface area contributed by atoms with E-state index >= 15 is 0 Å². The summed E-state index contributed by atoms with van der Waals surface area (Å²) in [6, 6.07) is 3.19. The van der Waals surface area contributed by atoms with Gasteiger partial charge in [-0.2, -0.15) is 0 Å². The van der Waals surface area contributed by atoms with Crippen LogP contribution in [0.1, 0.15) is 29.6 Å². The highest BCUT2D eigenvalue weighted by atomic mass is 35.5. The van der Waals surface area contributed by atoms with Gasteiger partial charge in [-0.1, -0.05) is 23.2 Å². The molecule has 1 heterocycles. The van der Waals surface area contributed by atoms with Crippen LogP contribution in [0.25, 0.3) is 0 Å². The summed E-state index contributed by atoms with van der Waals surface area (Å²) in [5.41, 5.74) is 0.477. The average Bonchev–Trinajstić information content (AvgIpc) is 2.54. The Morgan fingerprint density at radius 3 is 2.48 bits per heavy atom. The van der Waals surface area contributed by atoms with Gasteiger partial charge in [0.2, 0.25) is 0 Å². The maximum absolute atomic E-state index is 12.7. The van der Waals surface area contributed by atoms with E-state index in [-0.39, 0.29) is 18.3 Å². The number of carbonyl (C=O) groups is 1. The number of rotatable bonds is 5. The number of hydrogen-bond donors (Lipinski definition) is 1. The molecule has 1 saturated heterocycles. The second-order valence-electron chi connectivity index (χ2n) is 5.59. The molecule has 130 valence electrons. The van der Waals surface area contributed by atoms with Crippen LogP contribution in [0, 0.1) is 5.92 Å². The van der Waals surface area contributed by atoms with E-state index in [1.807, 2.05) is 11.9 Å². The lowest BCUT2D eigenvalue weighted by atomic mass is 9.93. The van der Waals surface area contributed by atoms with Crippen LogP contribution in [0.5, 0.6) is 5.75 Å². The van der Waals surface area contributed by atoms with Gasteiger partial charge in [-0.25, -0.2) is 0 Å². The van der Waals surface area contributed by atoms with Gasteiger partial charge in [0, 0.05) is 19.2 Å². The summed E-state index contributed by atoms with van der Waals surface area (Å²) in [4.78, 5) is 14.6. The molecule has 1 N–H and O–H groups in total. The van der Waals surface area contributed by atoms with Crippen molar-refractivity contribution in [1.29, 1.82) is 0 Å². The standard InChI is InChI=1S/C16H22Cl2N2O2.ClH/c1-19-6-3-11-4-7-20(8-5-11)16(21)12-9-13(17)14(18)10-15(12)22-2;/h9-11,19H,3-8H2,1-2H3;1H. The van der Waals surface area contributed by atoms with Crippen molar-refractivity contribution in [3.8, 4) is 5.75 Å². The quantitative estimate of drug-likeness (QED) is 0.841. The Kier molecular flexibility index (Phi) is 8.48.